The summed E-state index contributed by atoms with van der Waals surface area (Å²) < 4.78 is 0. The van der Waals surface area contributed by atoms with E-state index in [-0.39, 0.29) is 17.2 Å². The lowest BCUT2D eigenvalue weighted by molar-refractivity contribution is -0.121. The van der Waals surface area contributed by atoms with Gasteiger partial charge in [-0.3, -0.25) is 4.79 Å². The number of thioether (sulfide) groups is 1. The average molecular weight is 362 g/mol. The van der Waals surface area contributed by atoms with Crippen molar-refractivity contribution in [3.8, 4) is 0 Å². The summed E-state index contributed by atoms with van der Waals surface area (Å²) in [5.74, 6) is 0.0572. The molecule has 0 radical (unpaired) electrons. The Labute approximate surface area is 154 Å². The van der Waals surface area contributed by atoms with Crippen LogP contribution in [0.5, 0.6) is 0 Å². The molecule has 0 unspecified atom stereocenters. The molecular formula is C20H24ClNOS. The van der Waals surface area contributed by atoms with E-state index in [1.165, 1.54) is 16.7 Å². The summed E-state index contributed by atoms with van der Waals surface area (Å²) in [5, 5.41) is 3.73. The fraction of sp³-hybridized carbons (Fsp3) is 0.350. The van der Waals surface area contributed by atoms with Crippen molar-refractivity contribution < 1.29 is 4.79 Å². The Morgan fingerprint density at radius 2 is 1.83 bits per heavy atom. The summed E-state index contributed by atoms with van der Waals surface area (Å²) in [7, 11) is 0. The maximum atomic E-state index is 12.6. The number of amides is 1. The van der Waals surface area contributed by atoms with Gasteiger partial charge in [-0.1, -0.05) is 42.3 Å². The van der Waals surface area contributed by atoms with Crippen molar-refractivity contribution in [1.82, 2.24) is 5.32 Å². The second-order valence-corrected chi connectivity index (χ2v) is 7.89. The highest BCUT2D eigenvalue weighted by Crippen LogP contribution is 2.27. The number of hydrogen-bond acceptors (Lipinski definition) is 2. The third kappa shape index (κ3) is 5.02. The number of hydrogen-bond donors (Lipinski definition) is 1. The van der Waals surface area contributed by atoms with E-state index in [1.54, 1.807) is 11.8 Å². The molecule has 0 saturated heterocycles. The van der Waals surface area contributed by atoms with Crippen LogP contribution >= 0.6 is 23.4 Å². The van der Waals surface area contributed by atoms with Crippen molar-refractivity contribution >= 4 is 29.3 Å². The lowest BCUT2D eigenvalue weighted by Crippen LogP contribution is -2.34. The van der Waals surface area contributed by atoms with Gasteiger partial charge in [0.25, 0.3) is 0 Å². The minimum atomic E-state index is -0.161. The molecule has 0 aliphatic rings. The minimum absolute atomic E-state index is 0.0476. The first-order valence-corrected chi connectivity index (χ1v) is 9.46. The summed E-state index contributed by atoms with van der Waals surface area (Å²) in [5.41, 5.74) is 3.66. The van der Waals surface area contributed by atoms with Crippen LogP contribution in [0.1, 0.15) is 43.0 Å². The molecule has 2 atom stereocenters. The molecule has 0 aliphatic carbocycles. The molecule has 2 aromatic carbocycles. The molecule has 24 heavy (non-hydrogen) atoms. The molecule has 2 aromatic rings. The SMILES string of the molecule is CC[C@@H](NC(=O)[C@H](C)Sc1ccc(Cl)cc1)c1ccc(C)cc1C. The second-order valence-electron chi connectivity index (χ2n) is 6.04. The summed E-state index contributed by atoms with van der Waals surface area (Å²) in [6.45, 7) is 8.22. The van der Waals surface area contributed by atoms with Crippen LogP contribution in [0.25, 0.3) is 0 Å². The van der Waals surface area contributed by atoms with Crippen molar-refractivity contribution in [2.24, 2.45) is 0 Å². The van der Waals surface area contributed by atoms with Crippen LogP contribution in [-0.4, -0.2) is 11.2 Å². The zero-order chi connectivity index (χ0) is 17.7. The monoisotopic (exact) mass is 361 g/mol. The summed E-state index contributed by atoms with van der Waals surface area (Å²) in [4.78, 5) is 13.6. The van der Waals surface area contributed by atoms with Crippen LogP contribution in [0.15, 0.2) is 47.4 Å². The smallest absolute Gasteiger partial charge is 0.233 e. The Morgan fingerprint density at radius 1 is 1.17 bits per heavy atom. The average Bonchev–Trinajstić information content (AvgIpc) is 2.55. The molecule has 128 valence electrons. The molecule has 1 N–H and O–H groups in total. The van der Waals surface area contributed by atoms with Gasteiger partial charge in [-0.05, 0) is 62.6 Å². The molecule has 1 amide bonds. The topological polar surface area (TPSA) is 29.1 Å². The van der Waals surface area contributed by atoms with Crippen LogP contribution < -0.4 is 5.32 Å². The molecule has 2 rings (SSSR count). The first-order valence-electron chi connectivity index (χ1n) is 8.20. The molecule has 0 aromatic heterocycles. The van der Waals surface area contributed by atoms with Gasteiger partial charge in [0.1, 0.15) is 0 Å². The van der Waals surface area contributed by atoms with E-state index in [4.69, 9.17) is 11.6 Å². The molecule has 0 heterocycles. The van der Waals surface area contributed by atoms with Gasteiger partial charge in [0.15, 0.2) is 0 Å². The van der Waals surface area contributed by atoms with Crippen LogP contribution in [0.3, 0.4) is 0 Å². The minimum Gasteiger partial charge on any atom is -0.348 e. The van der Waals surface area contributed by atoms with Gasteiger partial charge < -0.3 is 5.32 Å². The first kappa shape index (κ1) is 18.9. The Kier molecular flexibility index (Phi) is 6.76. The fourth-order valence-corrected chi connectivity index (χ4v) is 3.68. The van der Waals surface area contributed by atoms with Gasteiger partial charge in [-0.15, -0.1) is 11.8 Å². The van der Waals surface area contributed by atoms with Crippen LogP contribution in [0.4, 0.5) is 0 Å². The molecule has 0 saturated carbocycles. The summed E-state index contributed by atoms with van der Waals surface area (Å²) in [6.07, 6.45) is 0.869. The predicted octanol–water partition coefficient (Wildman–Crippen LogP) is 5.70. The van der Waals surface area contributed by atoms with Crippen molar-refractivity contribution in [3.63, 3.8) is 0 Å². The Bertz CT molecular complexity index is 699. The lowest BCUT2D eigenvalue weighted by Gasteiger charge is -2.22. The van der Waals surface area contributed by atoms with Crippen molar-refractivity contribution in [1.29, 1.82) is 0 Å². The number of carbonyl (C=O) groups excluding carboxylic acids is 1. The number of carbonyl (C=O) groups is 1. The first-order chi connectivity index (χ1) is 11.4. The maximum Gasteiger partial charge on any atom is 0.233 e. The lowest BCUT2D eigenvalue weighted by atomic mass is 9.97. The van der Waals surface area contributed by atoms with Crippen molar-refractivity contribution in [2.75, 3.05) is 0 Å². The number of halogens is 1. The molecule has 0 aliphatic heterocycles. The van der Waals surface area contributed by atoms with Crippen LogP contribution in [-0.2, 0) is 4.79 Å². The summed E-state index contributed by atoms with van der Waals surface area (Å²) >= 11 is 7.45. The summed E-state index contributed by atoms with van der Waals surface area (Å²) in [6, 6.07) is 14.0. The maximum absolute atomic E-state index is 12.6. The Morgan fingerprint density at radius 3 is 2.42 bits per heavy atom. The highest BCUT2D eigenvalue weighted by Gasteiger charge is 2.20. The highest BCUT2D eigenvalue weighted by atomic mass is 35.5. The van der Waals surface area contributed by atoms with Gasteiger partial charge in [0.05, 0.1) is 11.3 Å². The normalized spacial score (nSPS) is 13.4. The number of aryl methyl sites for hydroxylation is 2. The highest BCUT2D eigenvalue weighted by molar-refractivity contribution is 8.00. The third-order valence-electron chi connectivity index (χ3n) is 4.02. The molecule has 0 fully saturated rings. The van der Waals surface area contributed by atoms with E-state index in [0.717, 1.165) is 11.3 Å². The van der Waals surface area contributed by atoms with Gasteiger partial charge in [0, 0.05) is 9.92 Å². The zero-order valence-electron chi connectivity index (χ0n) is 14.6. The van der Waals surface area contributed by atoms with Gasteiger partial charge in [-0.2, -0.15) is 0 Å². The van der Waals surface area contributed by atoms with Crippen LogP contribution in [0.2, 0.25) is 5.02 Å². The number of nitrogens with one attached hydrogen (secondary N) is 1. The second kappa shape index (κ2) is 8.59. The van der Waals surface area contributed by atoms with Gasteiger partial charge >= 0.3 is 0 Å². The fourth-order valence-electron chi connectivity index (χ4n) is 2.68. The van der Waals surface area contributed by atoms with E-state index in [9.17, 15) is 4.79 Å². The van der Waals surface area contributed by atoms with E-state index in [1.807, 2.05) is 31.2 Å². The number of benzene rings is 2. The zero-order valence-corrected chi connectivity index (χ0v) is 16.2. The van der Waals surface area contributed by atoms with E-state index in [0.29, 0.717) is 5.02 Å². The van der Waals surface area contributed by atoms with E-state index in [2.05, 4.69) is 44.3 Å². The predicted molar refractivity (Wildman–Crippen MR) is 104 cm³/mol. The quantitative estimate of drug-likeness (QED) is 0.668. The van der Waals surface area contributed by atoms with Gasteiger partial charge in [-0.25, -0.2) is 0 Å². The third-order valence-corrected chi connectivity index (χ3v) is 5.39. The Balaban J connectivity index is 2.04. The number of rotatable bonds is 6. The molecule has 0 bridgehead atoms. The molecule has 2 nitrogen and oxygen atoms in total. The van der Waals surface area contributed by atoms with E-state index < -0.39 is 0 Å². The Hall–Kier alpha value is -1.45. The molecule has 4 heteroatoms. The molecular weight excluding hydrogens is 338 g/mol. The van der Waals surface area contributed by atoms with Crippen LogP contribution in [0, 0.1) is 13.8 Å². The largest absolute Gasteiger partial charge is 0.348 e. The van der Waals surface area contributed by atoms with Crippen molar-refractivity contribution in [2.45, 2.75) is 50.3 Å². The van der Waals surface area contributed by atoms with Gasteiger partial charge in [0.2, 0.25) is 5.91 Å². The van der Waals surface area contributed by atoms with E-state index >= 15 is 0 Å². The molecule has 0 spiro atoms. The van der Waals surface area contributed by atoms with Crippen molar-refractivity contribution in [3.05, 3.63) is 64.2 Å². The standard InChI is InChI=1S/C20H24ClNOS/c1-5-19(18-11-6-13(2)12-14(18)3)22-20(23)15(4)24-17-9-7-16(21)8-10-17/h6-12,15,19H,5H2,1-4H3,(H,22,23)/t15-,19+/m0/s1.